The van der Waals surface area contributed by atoms with E-state index in [9.17, 15) is 37.8 Å². The predicted molar refractivity (Wildman–Crippen MR) is 263 cm³/mol. The Labute approximate surface area is 408 Å². The van der Waals surface area contributed by atoms with Crippen molar-refractivity contribution in [3.63, 3.8) is 0 Å². The first-order valence-corrected chi connectivity index (χ1v) is 21.7. The van der Waals surface area contributed by atoms with Crippen molar-refractivity contribution in [3.8, 4) is 17.2 Å². The molecule has 70 heavy (non-hydrogen) atoms. The molecule has 20 heteroatoms. The average Bonchev–Trinajstić information content (AvgIpc) is 3.34. The number of urea groups is 1. The number of nitrogens with one attached hydrogen (secondary N) is 3. The first kappa shape index (κ1) is 47.6. The summed E-state index contributed by atoms with van der Waals surface area (Å²) < 4.78 is 42.7. The third kappa shape index (κ3) is 12.3. The van der Waals surface area contributed by atoms with Crippen LogP contribution in [0.15, 0.2) is 183 Å². The van der Waals surface area contributed by atoms with Gasteiger partial charge >= 0.3 is 12.4 Å². The summed E-state index contributed by atoms with van der Waals surface area (Å²) in [4.78, 5) is 49.3. The molecule has 0 bridgehead atoms. The van der Waals surface area contributed by atoms with Gasteiger partial charge in [0.1, 0.15) is 35.2 Å². The Kier molecular flexibility index (Phi) is 14.5. The lowest BCUT2D eigenvalue weighted by molar-refractivity contribution is -0.274. The van der Waals surface area contributed by atoms with E-state index in [2.05, 4.69) is 69.1 Å². The number of carbonyl (C=O) groups is 3. The molecule has 8 aromatic carbocycles. The molecule has 0 aliphatic carbocycles. The molecule has 0 saturated heterocycles. The fourth-order valence-corrected chi connectivity index (χ4v) is 7.30. The molecule has 8 aromatic rings. The number of halogens is 4. The molecular weight excluding hydrogens is 1020 g/mol. The Morgan fingerprint density at radius 1 is 0.629 bits per heavy atom. The van der Waals surface area contributed by atoms with Crippen LogP contribution in [0.5, 0.6) is 17.2 Å². The second kappa shape index (κ2) is 21.4. The number of hydrogen-bond donors (Lipinski definition) is 5. The summed E-state index contributed by atoms with van der Waals surface area (Å²) in [7, 11) is 0. The highest BCUT2D eigenvalue weighted by Crippen LogP contribution is 2.38. The summed E-state index contributed by atoms with van der Waals surface area (Å²) in [6.07, 6.45) is -3.78. The Balaban J connectivity index is 0.857. The topological polar surface area (TPSA) is 217 Å². The number of ketones is 1. The number of imide groups is 1. The van der Waals surface area contributed by atoms with E-state index in [0.717, 1.165) is 38.7 Å². The fourth-order valence-electron chi connectivity index (χ4n) is 6.75. The number of phenolic OH excluding ortho intramolecular Hbond substituents is 2. The number of azo groups is 2. The number of nitrogens with zero attached hydrogens (tertiary/aromatic N) is 5. The van der Waals surface area contributed by atoms with Crippen LogP contribution in [0, 0.1) is 3.57 Å². The molecule has 0 heterocycles. The minimum absolute atomic E-state index is 0.0497. The normalized spacial score (nSPS) is 11.6. The molecule has 0 aliphatic rings. The minimum atomic E-state index is -4.93. The molecular formula is C50H34F3IN8O8. The minimum Gasteiger partial charge on any atom is -0.506 e. The largest absolute Gasteiger partial charge is 0.573 e. The molecule has 0 saturated carbocycles. The number of rotatable bonds is 15. The molecule has 3 amide bonds. The molecule has 0 atom stereocenters. The second-order valence-corrected chi connectivity index (χ2v) is 16.1. The number of oxime groups is 1. The number of ether oxygens (including phenoxy) is 1. The van der Waals surface area contributed by atoms with Gasteiger partial charge < -0.3 is 29.9 Å². The van der Waals surface area contributed by atoms with Crippen molar-refractivity contribution in [2.45, 2.75) is 13.0 Å². The highest BCUT2D eigenvalue weighted by molar-refractivity contribution is 14.1. The second-order valence-electron chi connectivity index (χ2n) is 14.9. The van der Waals surface area contributed by atoms with Gasteiger partial charge in [-0.3, -0.25) is 14.9 Å². The molecule has 0 aromatic heterocycles. The van der Waals surface area contributed by atoms with Crippen molar-refractivity contribution in [3.05, 3.63) is 184 Å². The maximum absolute atomic E-state index is 13.4. The van der Waals surface area contributed by atoms with Crippen molar-refractivity contribution >= 4 is 102 Å². The van der Waals surface area contributed by atoms with Gasteiger partial charge in [-0.2, -0.15) is 10.2 Å². The lowest BCUT2D eigenvalue weighted by Crippen LogP contribution is -2.34. The third-order valence-electron chi connectivity index (χ3n) is 10.0. The Morgan fingerprint density at radius 2 is 1.21 bits per heavy atom. The van der Waals surface area contributed by atoms with E-state index in [0.29, 0.717) is 38.7 Å². The monoisotopic (exact) mass is 1060 g/mol. The van der Waals surface area contributed by atoms with Crippen molar-refractivity contribution in [2.24, 2.45) is 25.6 Å². The van der Waals surface area contributed by atoms with Gasteiger partial charge in [0, 0.05) is 42.8 Å². The van der Waals surface area contributed by atoms with Crippen molar-refractivity contribution in [2.75, 3.05) is 10.8 Å². The Morgan fingerprint density at radius 3 is 1.84 bits per heavy atom. The van der Waals surface area contributed by atoms with Gasteiger partial charge in [-0.25, -0.2) is 10.3 Å². The fraction of sp³-hybridized carbons (Fsp3) is 0.0400. The van der Waals surface area contributed by atoms with E-state index in [1.54, 1.807) is 60.7 Å². The maximum atomic E-state index is 13.4. The zero-order valence-electron chi connectivity index (χ0n) is 35.9. The van der Waals surface area contributed by atoms with Crippen LogP contribution in [-0.2, 0) is 16.3 Å². The van der Waals surface area contributed by atoms with Crippen molar-refractivity contribution in [1.29, 1.82) is 0 Å². The lowest BCUT2D eigenvalue weighted by atomic mass is 10.0. The molecule has 0 aliphatic heterocycles. The van der Waals surface area contributed by atoms with Gasteiger partial charge in [0.2, 0.25) is 6.40 Å². The Bertz CT molecular complexity index is 3350. The van der Waals surface area contributed by atoms with Gasteiger partial charge in [0.25, 0.3) is 5.91 Å². The van der Waals surface area contributed by atoms with Crippen LogP contribution in [0.2, 0.25) is 0 Å². The first-order chi connectivity index (χ1) is 33.7. The predicted octanol–water partition coefficient (Wildman–Crippen LogP) is 13.4. The molecule has 0 fully saturated rings. The zero-order valence-corrected chi connectivity index (χ0v) is 38.0. The average molecular weight is 1060 g/mol. The van der Waals surface area contributed by atoms with Gasteiger partial charge in [0.05, 0.1) is 17.1 Å². The highest BCUT2D eigenvalue weighted by Gasteiger charge is 2.31. The van der Waals surface area contributed by atoms with E-state index in [4.69, 9.17) is 9.68 Å². The number of fused-ring (bicyclic) bond motifs is 2. The van der Waals surface area contributed by atoms with Crippen LogP contribution < -0.4 is 20.9 Å². The van der Waals surface area contributed by atoms with Crippen LogP contribution in [0.1, 0.15) is 31.8 Å². The molecule has 5 N–H and O–H groups in total. The van der Waals surface area contributed by atoms with E-state index in [1.807, 2.05) is 36.4 Å². The first-order valence-electron chi connectivity index (χ1n) is 20.6. The summed E-state index contributed by atoms with van der Waals surface area (Å²) in [6.45, 7) is 0.164. The summed E-state index contributed by atoms with van der Waals surface area (Å²) in [5.74, 6) is -1.91. The zero-order chi connectivity index (χ0) is 49.2. The summed E-state index contributed by atoms with van der Waals surface area (Å²) in [6, 6.07) is 40.0. The molecule has 16 nitrogen and oxygen atoms in total. The number of phenols is 2. The number of anilines is 2. The quantitative estimate of drug-likeness (QED) is 0.0164. The van der Waals surface area contributed by atoms with Gasteiger partial charge in [0.15, 0.2) is 5.78 Å². The standard InChI is InChI=1S/C50H34F3IN8O8/c51-50(52,53)70-40-6-2-4-38(26-40)56-49(67)57-48(66)34-12-20-42-33(24-34)14-22-44(64)46(42)61-59-37-17-10-31(11-18-37)47(65)30-8-15-36(16-9-30)58-60-45-41-19-7-29(23-32(41)13-21-43(45)63)27-68-55-28-69-62-39-5-1-3-35(54)25-39/h1-26,28,62-64H,27H2,(H2,56,57,66,67)/b55-28+,60-58?,61-59?. The maximum Gasteiger partial charge on any atom is 0.573 e. The number of hydrogen-bond acceptors (Lipinski definition) is 14. The van der Waals surface area contributed by atoms with Crippen LogP contribution in [0.3, 0.4) is 0 Å². The molecule has 0 unspecified atom stereocenters. The summed E-state index contributed by atoms with van der Waals surface area (Å²) in [5, 5.41) is 49.0. The van der Waals surface area contributed by atoms with Gasteiger partial charge in [-0.1, -0.05) is 47.6 Å². The number of amides is 3. The van der Waals surface area contributed by atoms with E-state index >= 15 is 0 Å². The smallest absolute Gasteiger partial charge is 0.506 e. The Hall–Kier alpha value is -8.92. The van der Waals surface area contributed by atoms with Crippen molar-refractivity contribution < 1.29 is 52.2 Å². The van der Waals surface area contributed by atoms with Gasteiger partial charge in [-0.15, -0.1) is 23.4 Å². The number of alkyl halides is 3. The van der Waals surface area contributed by atoms with Crippen LogP contribution in [0.25, 0.3) is 21.5 Å². The highest BCUT2D eigenvalue weighted by atomic mass is 127. The SMILES string of the molecule is O=C(NC(=O)c1ccc2c(N=Nc3ccc(C(=O)c4ccc(N=Nc5c(O)ccc6cc(CO/N=C/ONc7cccc(I)c7)ccc56)cc4)cc3)c(O)ccc2c1)Nc1cccc(OC(F)(F)F)c1. The molecule has 8 rings (SSSR count). The number of carbonyl (C=O) groups excluding carboxylic acids is 3. The van der Waals surface area contributed by atoms with E-state index in [-0.39, 0.29) is 46.5 Å². The van der Waals surface area contributed by atoms with E-state index < -0.39 is 24.1 Å². The van der Waals surface area contributed by atoms with Gasteiger partial charge in [-0.05, 0) is 148 Å². The molecule has 0 radical (unpaired) electrons. The van der Waals surface area contributed by atoms with E-state index in [1.165, 1.54) is 48.5 Å². The number of aromatic hydroxyl groups is 2. The molecule has 0 spiro atoms. The van der Waals surface area contributed by atoms with Crippen LogP contribution >= 0.6 is 22.6 Å². The van der Waals surface area contributed by atoms with Crippen molar-refractivity contribution in [1.82, 2.24) is 5.32 Å². The summed E-state index contributed by atoms with van der Waals surface area (Å²) >= 11 is 2.20. The lowest BCUT2D eigenvalue weighted by Gasteiger charge is -2.11. The third-order valence-corrected chi connectivity index (χ3v) is 10.7. The van der Waals surface area contributed by atoms with Crippen LogP contribution in [-0.4, -0.2) is 40.7 Å². The van der Waals surface area contributed by atoms with Crippen LogP contribution in [0.4, 0.5) is 52.1 Å². The summed E-state index contributed by atoms with van der Waals surface area (Å²) in [5.41, 5.74) is 6.26. The molecule has 350 valence electrons. The number of benzene rings is 8.